The third-order valence-corrected chi connectivity index (χ3v) is 3.84. The average molecular weight is 275 g/mol. The Bertz CT molecular complexity index is 405. The third-order valence-electron chi connectivity index (χ3n) is 3.43. The van der Waals surface area contributed by atoms with Crippen LogP contribution in [-0.2, 0) is 4.74 Å². The smallest absolute Gasteiger partial charge is 0.128 e. The van der Waals surface area contributed by atoms with E-state index in [1.54, 1.807) is 0 Å². The highest BCUT2D eigenvalue weighted by Gasteiger charge is 2.31. The summed E-state index contributed by atoms with van der Waals surface area (Å²) in [5.74, 6) is -0.429. The molecule has 18 heavy (non-hydrogen) atoms. The van der Waals surface area contributed by atoms with E-state index in [-0.39, 0.29) is 5.56 Å². The summed E-state index contributed by atoms with van der Waals surface area (Å²) in [6.45, 7) is 2.69. The number of ether oxygens (including phenoxy) is 1. The van der Waals surface area contributed by atoms with E-state index < -0.39 is 17.0 Å². The fourth-order valence-electron chi connectivity index (χ4n) is 2.41. The van der Waals surface area contributed by atoms with Crippen LogP contribution in [0.4, 0.5) is 8.78 Å². The summed E-state index contributed by atoms with van der Waals surface area (Å²) < 4.78 is 32.0. The molecule has 1 aromatic carbocycles. The van der Waals surface area contributed by atoms with Gasteiger partial charge in [-0.05, 0) is 50.3 Å². The van der Waals surface area contributed by atoms with E-state index in [0.29, 0.717) is 18.4 Å². The van der Waals surface area contributed by atoms with Gasteiger partial charge in [-0.3, -0.25) is 0 Å². The van der Waals surface area contributed by atoms with Crippen LogP contribution in [0.1, 0.15) is 37.1 Å². The Kier molecular flexibility index (Phi) is 4.57. The SMILES string of the molecule is CCOC1CC(CC(Cl)c2cc(F)ccc2F)C1. The fourth-order valence-corrected chi connectivity index (χ4v) is 2.83. The number of benzene rings is 1. The average Bonchev–Trinajstić information content (AvgIpc) is 2.29. The van der Waals surface area contributed by atoms with Gasteiger partial charge in [0.15, 0.2) is 0 Å². The Hall–Kier alpha value is -0.670. The van der Waals surface area contributed by atoms with Gasteiger partial charge in [-0.1, -0.05) is 0 Å². The Labute approximate surface area is 111 Å². The molecule has 0 heterocycles. The summed E-state index contributed by atoms with van der Waals surface area (Å²) >= 11 is 6.17. The summed E-state index contributed by atoms with van der Waals surface area (Å²) in [6, 6.07) is 3.42. The lowest BCUT2D eigenvalue weighted by atomic mass is 9.78. The monoisotopic (exact) mass is 274 g/mol. The first-order chi connectivity index (χ1) is 8.60. The molecule has 0 saturated heterocycles. The molecule has 0 aromatic heterocycles. The highest BCUT2D eigenvalue weighted by molar-refractivity contribution is 6.20. The van der Waals surface area contributed by atoms with Crippen molar-refractivity contribution in [3.63, 3.8) is 0 Å². The zero-order valence-electron chi connectivity index (χ0n) is 10.3. The molecular formula is C14H17ClF2O. The van der Waals surface area contributed by atoms with Crippen molar-refractivity contribution in [1.29, 1.82) is 0 Å². The first kappa shape index (κ1) is 13.8. The fraction of sp³-hybridized carbons (Fsp3) is 0.571. The molecule has 1 atom stereocenters. The van der Waals surface area contributed by atoms with Gasteiger partial charge in [-0.15, -0.1) is 11.6 Å². The van der Waals surface area contributed by atoms with Gasteiger partial charge < -0.3 is 4.74 Å². The van der Waals surface area contributed by atoms with Gasteiger partial charge in [0.05, 0.1) is 11.5 Å². The van der Waals surface area contributed by atoms with Crippen LogP contribution in [-0.4, -0.2) is 12.7 Å². The van der Waals surface area contributed by atoms with Crippen LogP contribution < -0.4 is 0 Å². The minimum Gasteiger partial charge on any atom is -0.378 e. The zero-order chi connectivity index (χ0) is 13.1. The van der Waals surface area contributed by atoms with E-state index in [0.717, 1.165) is 31.6 Å². The summed E-state index contributed by atoms with van der Waals surface area (Å²) in [5.41, 5.74) is 0.261. The molecule has 1 aliphatic rings. The van der Waals surface area contributed by atoms with Crippen molar-refractivity contribution in [3.8, 4) is 0 Å². The van der Waals surface area contributed by atoms with Gasteiger partial charge in [0.1, 0.15) is 11.6 Å². The van der Waals surface area contributed by atoms with Crippen LogP contribution in [0.25, 0.3) is 0 Å². The largest absolute Gasteiger partial charge is 0.378 e. The molecule has 1 aliphatic carbocycles. The number of rotatable bonds is 5. The van der Waals surface area contributed by atoms with E-state index >= 15 is 0 Å². The maximum Gasteiger partial charge on any atom is 0.128 e. The molecule has 0 amide bonds. The first-order valence-electron chi connectivity index (χ1n) is 6.30. The van der Waals surface area contributed by atoms with Gasteiger partial charge in [0, 0.05) is 12.2 Å². The Balaban J connectivity index is 1.89. The summed E-state index contributed by atoms with van der Waals surface area (Å²) in [6.07, 6.45) is 2.93. The van der Waals surface area contributed by atoms with Crippen LogP contribution in [0, 0.1) is 17.6 Å². The predicted molar refractivity (Wildman–Crippen MR) is 67.7 cm³/mol. The van der Waals surface area contributed by atoms with Gasteiger partial charge >= 0.3 is 0 Å². The number of halogens is 3. The van der Waals surface area contributed by atoms with E-state index in [1.165, 1.54) is 6.07 Å². The summed E-state index contributed by atoms with van der Waals surface area (Å²) in [4.78, 5) is 0. The summed E-state index contributed by atoms with van der Waals surface area (Å²) in [5, 5.41) is -0.465. The van der Waals surface area contributed by atoms with Crippen molar-refractivity contribution in [2.45, 2.75) is 37.7 Å². The zero-order valence-corrected chi connectivity index (χ0v) is 11.1. The van der Waals surface area contributed by atoms with Crippen LogP contribution in [0.3, 0.4) is 0 Å². The van der Waals surface area contributed by atoms with Crippen LogP contribution >= 0.6 is 11.6 Å². The molecule has 1 unspecified atom stereocenters. The Morgan fingerprint density at radius 2 is 2.11 bits per heavy atom. The van der Waals surface area contributed by atoms with Gasteiger partial charge in [-0.2, -0.15) is 0 Å². The molecule has 0 bridgehead atoms. The second-order valence-corrected chi connectivity index (χ2v) is 5.31. The van der Waals surface area contributed by atoms with E-state index in [1.807, 2.05) is 6.92 Å². The molecule has 0 radical (unpaired) electrons. The van der Waals surface area contributed by atoms with Crippen molar-refractivity contribution in [2.75, 3.05) is 6.61 Å². The molecule has 4 heteroatoms. The van der Waals surface area contributed by atoms with Crippen molar-refractivity contribution in [3.05, 3.63) is 35.4 Å². The second kappa shape index (κ2) is 5.98. The van der Waals surface area contributed by atoms with E-state index in [4.69, 9.17) is 16.3 Å². The standard InChI is InChI=1S/C14H17ClF2O/c1-2-18-11-5-9(6-11)7-13(15)12-8-10(16)3-4-14(12)17/h3-4,8-9,11,13H,2,5-7H2,1H3. The lowest BCUT2D eigenvalue weighted by Gasteiger charge is -2.36. The van der Waals surface area contributed by atoms with Crippen molar-refractivity contribution in [1.82, 2.24) is 0 Å². The topological polar surface area (TPSA) is 9.23 Å². The molecule has 0 aliphatic heterocycles. The number of alkyl halides is 1. The Morgan fingerprint density at radius 3 is 2.78 bits per heavy atom. The van der Waals surface area contributed by atoms with Gasteiger partial charge in [0.2, 0.25) is 0 Å². The molecule has 0 spiro atoms. The maximum atomic E-state index is 13.5. The summed E-state index contributed by atoms with van der Waals surface area (Å²) in [7, 11) is 0. The minimum absolute atomic E-state index is 0.261. The van der Waals surface area contributed by atoms with Gasteiger partial charge in [0.25, 0.3) is 0 Å². The Morgan fingerprint density at radius 1 is 1.39 bits per heavy atom. The number of hydrogen-bond acceptors (Lipinski definition) is 1. The molecular weight excluding hydrogens is 258 g/mol. The normalized spacial score (nSPS) is 24.7. The van der Waals surface area contributed by atoms with Gasteiger partial charge in [-0.25, -0.2) is 8.78 Å². The van der Waals surface area contributed by atoms with Crippen LogP contribution in [0.15, 0.2) is 18.2 Å². The maximum absolute atomic E-state index is 13.5. The molecule has 1 saturated carbocycles. The predicted octanol–water partition coefficient (Wildman–Crippen LogP) is 4.45. The van der Waals surface area contributed by atoms with Crippen LogP contribution in [0.5, 0.6) is 0 Å². The van der Waals surface area contributed by atoms with Crippen LogP contribution in [0.2, 0.25) is 0 Å². The molecule has 1 fully saturated rings. The third kappa shape index (κ3) is 3.21. The van der Waals surface area contributed by atoms with E-state index in [9.17, 15) is 8.78 Å². The van der Waals surface area contributed by atoms with Crippen molar-refractivity contribution in [2.24, 2.45) is 5.92 Å². The minimum atomic E-state index is -0.465. The molecule has 1 nitrogen and oxygen atoms in total. The first-order valence-corrected chi connectivity index (χ1v) is 6.74. The highest BCUT2D eigenvalue weighted by atomic mass is 35.5. The molecule has 0 N–H and O–H groups in total. The molecule has 1 aromatic rings. The lowest BCUT2D eigenvalue weighted by Crippen LogP contribution is -2.32. The second-order valence-electron chi connectivity index (χ2n) is 4.78. The number of hydrogen-bond donors (Lipinski definition) is 0. The molecule has 2 rings (SSSR count). The van der Waals surface area contributed by atoms with E-state index in [2.05, 4.69) is 0 Å². The van der Waals surface area contributed by atoms with Crippen molar-refractivity contribution < 1.29 is 13.5 Å². The quantitative estimate of drug-likeness (QED) is 0.721. The van der Waals surface area contributed by atoms with Crippen molar-refractivity contribution >= 4 is 11.6 Å². The lowest BCUT2D eigenvalue weighted by molar-refractivity contribution is -0.0267. The molecule has 100 valence electrons. The highest BCUT2D eigenvalue weighted by Crippen LogP contribution is 2.40.